The minimum atomic E-state index is -1.43. The molecule has 0 saturated heterocycles. The number of benzene rings is 4. The lowest BCUT2D eigenvalue weighted by Gasteiger charge is -2.33. The highest BCUT2D eigenvalue weighted by Crippen LogP contribution is 2.17. The van der Waals surface area contributed by atoms with Gasteiger partial charge < -0.3 is 32.3 Å². The summed E-state index contributed by atoms with van der Waals surface area (Å²) >= 11 is 0. The Morgan fingerprint density at radius 2 is 0.950 bits per heavy atom. The summed E-state index contributed by atoms with van der Waals surface area (Å²) in [6.45, 7) is 0. The molecule has 0 aromatic heterocycles. The average Bonchev–Trinajstić information content (AvgIpc) is 2.96. The van der Waals surface area contributed by atoms with E-state index in [9.17, 15) is 19.8 Å². The first-order valence-electron chi connectivity index (χ1n) is 13.1. The highest BCUT2D eigenvalue weighted by Gasteiger charge is 2.34. The minimum absolute atomic E-state index is 0.244. The van der Waals surface area contributed by atoms with E-state index in [1.165, 1.54) is 0 Å². The van der Waals surface area contributed by atoms with Crippen molar-refractivity contribution < 1.29 is 19.8 Å². The van der Waals surface area contributed by atoms with E-state index in [1.807, 2.05) is 60.7 Å². The van der Waals surface area contributed by atoms with Crippen LogP contribution in [0.1, 0.15) is 31.8 Å². The summed E-state index contributed by atoms with van der Waals surface area (Å²) in [6, 6.07) is 30.0. The molecule has 0 bridgehead atoms. The third-order valence-corrected chi connectivity index (χ3v) is 6.70. The highest BCUT2D eigenvalue weighted by atomic mass is 16.3. The molecule has 8 N–H and O–H groups in total. The van der Waals surface area contributed by atoms with Gasteiger partial charge in [-0.25, -0.2) is 0 Å². The fraction of sp³-hybridized carbons (Fsp3) is 0.188. The molecule has 0 aliphatic rings. The number of anilines is 2. The molecule has 2 amide bonds. The first-order valence-corrected chi connectivity index (χ1v) is 13.1. The Labute approximate surface area is 233 Å². The van der Waals surface area contributed by atoms with Gasteiger partial charge >= 0.3 is 0 Å². The number of aliphatic hydroxyl groups is 2. The molecule has 0 radical (unpaired) electrons. The Kier molecular flexibility index (Phi) is 9.51. The number of nitrogens with one attached hydrogen (secondary N) is 2. The summed E-state index contributed by atoms with van der Waals surface area (Å²) in [6.07, 6.45) is -2.37. The standard InChI is InChI=1S/C32H34N4O4/c33-25-15-7-13-23(19-25)31(39)35-27(17-21-9-3-1-4-10-21)29(37)30(38)28(18-22-11-5-2-6-12-22)36-32(40)24-14-8-16-26(34)20-24/h1-16,19-20,27-30,37-38H,17-18,33-34H2,(H,35,39)(H,36,40). The SMILES string of the molecule is Nc1cccc(C(=O)NC(Cc2ccccc2)C(O)C(O)C(Cc2ccccc2)NC(=O)c2cccc(N)c2)c1. The van der Waals surface area contributed by atoms with Crippen LogP contribution < -0.4 is 22.1 Å². The van der Waals surface area contributed by atoms with Crippen LogP contribution in [0.15, 0.2) is 109 Å². The lowest BCUT2D eigenvalue weighted by atomic mass is 9.90. The number of hydrogen-bond acceptors (Lipinski definition) is 6. The van der Waals surface area contributed by atoms with Crippen LogP contribution in [0.25, 0.3) is 0 Å². The fourth-order valence-electron chi connectivity index (χ4n) is 4.59. The van der Waals surface area contributed by atoms with Gasteiger partial charge in [0, 0.05) is 22.5 Å². The Hall–Kier alpha value is -4.66. The molecule has 4 aromatic carbocycles. The van der Waals surface area contributed by atoms with Crippen LogP contribution in [-0.4, -0.2) is 46.3 Å². The maximum Gasteiger partial charge on any atom is 0.251 e. The Morgan fingerprint density at radius 1 is 0.575 bits per heavy atom. The van der Waals surface area contributed by atoms with Crippen molar-refractivity contribution in [2.75, 3.05) is 11.5 Å². The number of rotatable bonds is 11. The molecule has 0 fully saturated rings. The monoisotopic (exact) mass is 538 g/mol. The van der Waals surface area contributed by atoms with Gasteiger partial charge in [0.1, 0.15) is 12.2 Å². The van der Waals surface area contributed by atoms with E-state index in [-0.39, 0.29) is 12.8 Å². The number of aliphatic hydroxyl groups excluding tert-OH is 2. The van der Waals surface area contributed by atoms with E-state index in [2.05, 4.69) is 10.6 Å². The van der Waals surface area contributed by atoms with Gasteiger partial charge in [0.15, 0.2) is 0 Å². The molecule has 4 aromatic rings. The van der Waals surface area contributed by atoms with Gasteiger partial charge in [-0.1, -0.05) is 72.8 Å². The molecular weight excluding hydrogens is 504 g/mol. The van der Waals surface area contributed by atoms with Crippen molar-refractivity contribution in [1.82, 2.24) is 10.6 Å². The maximum atomic E-state index is 13.1. The van der Waals surface area contributed by atoms with Gasteiger partial charge in [-0.05, 0) is 60.4 Å². The van der Waals surface area contributed by atoms with E-state index >= 15 is 0 Å². The van der Waals surface area contributed by atoms with E-state index in [4.69, 9.17) is 11.5 Å². The van der Waals surface area contributed by atoms with Gasteiger partial charge in [-0.15, -0.1) is 0 Å². The Bertz CT molecular complexity index is 1310. The molecule has 4 unspecified atom stereocenters. The predicted molar refractivity (Wildman–Crippen MR) is 157 cm³/mol. The lowest BCUT2D eigenvalue weighted by Crippen LogP contribution is -2.57. The largest absolute Gasteiger partial charge is 0.399 e. The van der Waals surface area contributed by atoms with E-state index in [1.54, 1.807) is 48.5 Å². The number of carbonyl (C=O) groups is 2. The van der Waals surface area contributed by atoms with E-state index in [0.29, 0.717) is 22.5 Å². The molecule has 0 aliphatic heterocycles. The van der Waals surface area contributed by atoms with Crippen molar-refractivity contribution >= 4 is 23.2 Å². The number of nitrogen functional groups attached to an aromatic ring is 2. The normalized spacial score (nSPS) is 13.9. The maximum absolute atomic E-state index is 13.1. The fourth-order valence-corrected chi connectivity index (χ4v) is 4.59. The van der Waals surface area contributed by atoms with Crippen LogP contribution in [-0.2, 0) is 12.8 Å². The van der Waals surface area contributed by atoms with Crippen LogP contribution in [0.5, 0.6) is 0 Å². The molecule has 0 spiro atoms. The molecule has 4 atom stereocenters. The van der Waals surface area contributed by atoms with Crippen molar-refractivity contribution in [3.05, 3.63) is 131 Å². The smallest absolute Gasteiger partial charge is 0.251 e. The van der Waals surface area contributed by atoms with Crippen LogP contribution in [0.3, 0.4) is 0 Å². The number of carbonyl (C=O) groups excluding carboxylic acids is 2. The molecule has 0 saturated carbocycles. The topological polar surface area (TPSA) is 151 Å². The van der Waals surface area contributed by atoms with Crippen LogP contribution in [0.2, 0.25) is 0 Å². The average molecular weight is 539 g/mol. The third-order valence-electron chi connectivity index (χ3n) is 6.70. The molecular formula is C32H34N4O4. The summed E-state index contributed by atoms with van der Waals surface area (Å²) in [5, 5.41) is 28.7. The zero-order chi connectivity index (χ0) is 28.5. The summed E-state index contributed by atoms with van der Waals surface area (Å²) in [5.41, 5.74) is 14.9. The van der Waals surface area contributed by atoms with Crippen LogP contribution in [0, 0.1) is 0 Å². The molecule has 0 aliphatic carbocycles. The first-order chi connectivity index (χ1) is 19.3. The van der Waals surface area contributed by atoms with Crippen LogP contribution >= 0.6 is 0 Å². The van der Waals surface area contributed by atoms with Gasteiger partial charge in [0.05, 0.1) is 12.1 Å². The summed E-state index contributed by atoms with van der Waals surface area (Å²) in [4.78, 5) is 26.3. The van der Waals surface area contributed by atoms with Crippen molar-refractivity contribution in [2.45, 2.75) is 37.1 Å². The summed E-state index contributed by atoms with van der Waals surface area (Å²) < 4.78 is 0. The Morgan fingerprint density at radius 3 is 1.30 bits per heavy atom. The zero-order valence-electron chi connectivity index (χ0n) is 22.0. The lowest BCUT2D eigenvalue weighted by molar-refractivity contribution is -0.0219. The molecule has 40 heavy (non-hydrogen) atoms. The second kappa shape index (κ2) is 13.4. The quantitative estimate of drug-likeness (QED) is 0.162. The van der Waals surface area contributed by atoms with E-state index in [0.717, 1.165) is 11.1 Å². The number of hydrogen-bond donors (Lipinski definition) is 6. The number of nitrogens with two attached hydrogens (primary N) is 2. The highest BCUT2D eigenvalue weighted by molar-refractivity contribution is 5.96. The van der Waals surface area contributed by atoms with Gasteiger partial charge in [-0.3, -0.25) is 9.59 Å². The van der Waals surface area contributed by atoms with Crippen LogP contribution in [0.4, 0.5) is 11.4 Å². The summed E-state index contributed by atoms with van der Waals surface area (Å²) in [7, 11) is 0. The summed E-state index contributed by atoms with van der Waals surface area (Å²) in [5.74, 6) is -0.884. The molecule has 206 valence electrons. The van der Waals surface area contributed by atoms with Crippen molar-refractivity contribution in [3.63, 3.8) is 0 Å². The number of amides is 2. The third kappa shape index (κ3) is 7.69. The van der Waals surface area contributed by atoms with Gasteiger partial charge in [0.25, 0.3) is 11.8 Å². The molecule has 8 heteroatoms. The first kappa shape index (κ1) is 28.4. The molecule has 4 rings (SSSR count). The molecule has 0 heterocycles. The van der Waals surface area contributed by atoms with Gasteiger partial charge in [0.2, 0.25) is 0 Å². The van der Waals surface area contributed by atoms with Crippen molar-refractivity contribution in [1.29, 1.82) is 0 Å². The molecule has 8 nitrogen and oxygen atoms in total. The second-order valence-electron chi connectivity index (χ2n) is 9.77. The Balaban J connectivity index is 1.61. The zero-order valence-corrected chi connectivity index (χ0v) is 22.0. The van der Waals surface area contributed by atoms with E-state index < -0.39 is 36.1 Å². The van der Waals surface area contributed by atoms with Gasteiger partial charge in [-0.2, -0.15) is 0 Å². The second-order valence-corrected chi connectivity index (χ2v) is 9.77. The van der Waals surface area contributed by atoms with Crippen molar-refractivity contribution in [3.8, 4) is 0 Å². The van der Waals surface area contributed by atoms with Crippen molar-refractivity contribution in [2.24, 2.45) is 0 Å². The predicted octanol–water partition coefficient (Wildman–Crippen LogP) is 2.96. The minimum Gasteiger partial charge on any atom is -0.399 e.